The minimum absolute atomic E-state index is 0.261. The number of carbonyl (C=O) groups is 1. The third kappa shape index (κ3) is 2.82. The minimum atomic E-state index is -0.996. The number of aliphatic hydroxyl groups is 1. The monoisotopic (exact) mass is 323 g/mol. The molecular weight excluding hydrogens is 306 g/mol. The van der Waals surface area contributed by atoms with Gasteiger partial charge in [-0.1, -0.05) is 6.07 Å². The first kappa shape index (κ1) is 16.0. The van der Waals surface area contributed by atoms with Crippen LogP contribution in [-0.4, -0.2) is 27.6 Å². The fraction of sp³-hybridized carbons (Fsp3) is 0.278. The lowest BCUT2D eigenvalue weighted by Gasteiger charge is -2.43. The fourth-order valence-electron chi connectivity index (χ4n) is 2.81. The molecule has 0 spiro atoms. The molecule has 2 atom stereocenters. The van der Waals surface area contributed by atoms with Crippen molar-refractivity contribution in [3.8, 4) is 11.8 Å². The van der Waals surface area contributed by atoms with E-state index < -0.39 is 23.7 Å². The van der Waals surface area contributed by atoms with Crippen molar-refractivity contribution in [2.24, 2.45) is 0 Å². The van der Waals surface area contributed by atoms with Crippen molar-refractivity contribution in [3.05, 3.63) is 59.4 Å². The van der Waals surface area contributed by atoms with E-state index in [1.165, 1.54) is 6.20 Å². The number of hydrogen-bond donors (Lipinski definition) is 2. The highest BCUT2D eigenvalue weighted by Crippen LogP contribution is 2.40. The summed E-state index contributed by atoms with van der Waals surface area (Å²) in [6.45, 7) is 3.58. The van der Waals surface area contributed by atoms with E-state index in [4.69, 9.17) is 10.00 Å². The first-order valence-electron chi connectivity index (χ1n) is 7.55. The summed E-state index contributed by atoms with van der Waals surface area (Å²) in [4.78, 5) is 16.4. The van der Waals surface area contributed by atoms with Crippen molar-refractivity contribution in [3.63, 3.8) is 0 Å². The van der Waals surface area contributed by atoms with Gasteiger partial charge in [0.05, 0.1) is 17.7 Å². The Kier molecular flexibility index (Phi) is 3.96. The number of aromatic nitrogens is 1. The molecule has 0 saturated carbocycles. The summed E-state index contributed by atoms with van der Waals surface area (Å²) in [5.41, 5.74) is 0.341. The van der Waals surface area contributed by atoms with Crippen molar-refractivity contribution in [2.75, 3.05) is 0 Å². The summed E-state index contributed by atoms with van der Waals surface area (Å²) >= 11 is 0. The predicted molar refractivity (Wildman–Crippen MR) is 86.3 cm³/mol. The van der Waals surface area contributed by atoms with E-state index in [1.807, 2.05) is 6.07 Å². The molecule has 24 heavy (non-hydrogen) atoms. The maximum Gasteiger partial charge on any atom is 0.270 e. The number of aliphatic hydroxyl groups excluding tert-OH is 1. The summed E-state index contributed by atoms with van der Waals surface area (Å²) in [7, 11) is 0. The van der Waals surface area contributed by atoms with Crippen molar-refractivity contribution >= 4 is 5.91 Å². The molecule has 0 radical (unpaired) electrons. The summed E-state index contributed by atoms with van der Waals surface area (Å²) in [5.74, 6) is 0.117. The Morgan fingerprint density at radius 2 is 2.17 bits per heavy atom. The average molecular weight is 323 g/mol. The highest BCUT2D eigenvalue weighted by molar-refractivity contribution is 5.92. The Morgan fingerprint density at radius 1 is 1.38 bits per heavy atom. The Labute approximate surface area is 139 Å². The van der Waals surface area contributed by atoms with Gasteiger partial charge in [0.2, 0.25) is 0 Å². The average Bonchev–Trinajstić information content (AvgIpc) is 2.58. The summed E-state index contributed by atoms with van der Waals surface area (Å²) in [5, 5.41) is 22.6. The zero-order valence-electron chi connectivity index (χ0n) is 13.4. The van der Waals surface area contributed by atoms with Gasteiger partial charge in [-0.15, -0.1) is 0 Å². The number of rotatable bonds is 2. The molecule has 6 heteroatoms. The van der Waals surface area contributed by atoms with Crippen molar-refractivity contribution < 1.29 is 14.6 Å². The quantitative estimate of drug-likeness (QED) is 0.881. The Balaban J connectivity index is 1.92. The smallest absolute Gasteiger partial charge is 0.270 e. The molecule has 2 aromatic rings. The van der Waals surface area contributed by atoms with Crippen LogP contribution in [-0.2, 0) is 0 Å². The van der Waals surface area contributed by atoms with Crippen LogP contribution < -0.4 is 10.1 Å². The van der Waals surface area contributed by atoms with E-state index in [9.17, 15) is 9.90 Å². The van der Waals surface area contributed by atoms with E-state index in [0.717, 1.165) is 0 Å². The van der Waals surface area contributed by atoms with Crippen LogP contribution in [0.4, 0.5) is 0 Å². The van der Waals surface area contributed by atoms with E-state index in [1.54, 1.807) is 50.2 Å². The number of ether oxygens (including phenoxy) is 1. The van der Waals surface area contributed by atoms with E-state index >= 15 is 0 Å². The highest BCUT2D eigenvalue weighted by atomic mass is 16.5. The molecule has 1 unspecified atom stereocenters. The second-order valence-corrected chi connectivity index (χ2v) is 6.18. The van der Waals surface area contributed by atoms with Crippen LogP contribution in [0.3, 0.4) is 0 Å². The second kappa shape index (κ2) is 5.95. The molecule has 1 aliphatic rings. The van der Waals surface area contributed by atoms with Crippen molar-refractivity contribution in [1.29, 1.82) is 5.26 Å². The fourth-order valence-corrected chi connectivity index (χ4v) is 2.81. The zero-order chi connectivity index (χ0) is 17.3. The van der Waals surface area contributed by atoms with E-state index in [0.29, 0.717) is 16.9 Å². The third-order valence-electron chi connectivity index (χ3n) is 4.08. The van der Waals surface area contributed by atoms with Gasteiger partial charge in [-0.25, -0.2) is 0 Å². The maximum atomic E-state index is 12.4. The largest absolute Gasteiger partial charge is 0.485 e. The third-order valence-corrected chi connectivity index (χ3v) is 4.08. The summed E-state index contributed by atoms with van der Waals surface area (Å²) < 4.78 is 5.93. The van der Waals surface area contributed by atoms with Crippen LogP contribution in [0.1, 0.15) is 41.6 Å². The molecule has 1 amide bonds. The molecule has 122 valence electrons. The number of amides is 1. The first-order chi connectivity index (χ1) is 11.4. The van der Waals surface area contributed by atoms with Crippen LogP contribution in [0.5, 0.6) is 5.75 Å². The second-order valence-electron chi connectivity index (χ2n) is 6.18. The maximum absolute atomic E-state index is 12.4. The van der Waals surface area contributed by atoms with Crippen LogP contribution in [0, 0.1) is 11.3 Å². The molecule has 6 nitrogen and oxygen atoms in total. The molecule has 1 aromatic heterocycles. The van der Waals surface area contributed by atoms with Crippen LogP contribution in [0.15, 0.2) is 42.6 Å². The number of fused-ring (bicyclic) bond motifs is 1. The Morgan fingerprint density at radius 3 is 2.83 bits per heavy atom. The molecule has 2 N–H and O–H groups in total. The number of benzene rings is 1. The summed E-state index contributed by atoms with van der Waals surface area (Å²) in [6.07, 6.45) is 0.534. The van der Waals surface area contributed by atoms with Gasteiger partial charge in [0.25, 0.3) is 5.91 Å². The van der Waals surface area contributed by atoms with Gasteiger partial charge < -0.3 is 15.2 Å². The predicted octanol–water partition coefficient (Wildman–Crippen LogP) is 1.96. The lowest BCUT2D eigenvalue weighted by molar-refractivity contribution is -0.0253. The number of hydrogen-bond acceptors (Lipinski definition) is 5. The molecule has 0 aliphatic carbocycles. The normalized spacial score (nSPS) is 21.1. The topological polar surface area (TPSA) is 95.2 Å². The summed E-state index contributed by atoms with van der Waals surface area (Å²) in [6, 6.07) is 11.3. The van der Waals surface area contributed by atoms with Gasteiger partial charge in [0.1, 0.15) is 23.1 Å². The number of nitrogens with one attached hydrogen (secondary N) is 1. The van der Waals surface area contributed by atoms with Crippen molar-refractivity contribution in [2.45, 2.75) is 31.6 Å². The molecule has 3 rings (SSSR count). The van der Waals surface area contributed by atoms with Gasteiger partial charge in [-0.3, -0.25) is 9.78 Å². The number of nitrogens with zero attached hydrogens (tertiary/aromatic N) is 2. The number of pyridine rings is 1. The van der Waals surface area contributed by atoms with Gasteiger partial charge in [0.15, 0.2) is 0 Å². The first-order valence-corrected chi connectivity index (χ1v) is 7.55. The van der Waals surface area contributed by atoms with Gasteiger partial charge in [-0.2, -0.15) is 5.26 Å². The van der Waals surface area contributed by atoms with Gasteiger partial charge in [-0.05, 0) is 44.2 Å². The van der Waals surface area contributed by atoms with Crippen molar-refractivity contribution in [1.82, 2.24) is 10.3 Å². The molecule has 1 aliphatic heterocycles. The SMILES string of the molecule is CC1(C)Oc2ccc(C#N)cc2C(O)[C@@H]1NC(=O)c1ccccn1. The molecule has 0 saturated heterocycles. The lowest BCUT2D eigenvalue weighted by atomic mass is 9.85. The Hall–Kier alpha value is -2.91. The van der Waals surface area contributed by atoms with Crippen LogP contribution in [0.2, 0.25) is 0 Å². The molecule has 0 bridgehead atoms. The highest BCUT2D eigenvalue weighted by Gasteiger charge is 2.44. The van der Waals surface area contributed by atoms with Gasteiger partial charge >= 0.3 is 0 Å². The Bertz CT molecular complexity index is 812. The molecular formula is C18H17N3O3. The minimum Gasteiger partial charge on any atom is -0.485 e. The van der Waals surface area contributed by atoms with Crippen LogP contribution >= 0.6 is 0 Å². The van der Waals surface area contributed by atoms with Gasteiger partial charge in [0, 0.05) is 11.8 Å². The molecule has 1 aromatic carbocycles. The van der Waals surface area contributed by atoms with E-state index in [2.05, 4.69) is 10.3 Å². The molecule has 2 heterocycles. The molecule has 0 fully saturated rings. The zero-order valence-corrected chi connectivity index (χ0v) is 13.4. The lowest BCUT2D eigenvalue weighted by Crippen LogP contribution is -2.57. The number of carbonyl (C=O) groups excluding carboxylic acids is 1. The standard InChI is InChI=1S/C18H17N3O3/c1-18(2)16(21-17(23)13-5-3-4-8-20-13)15(22)12-9-11(10-19)6-7-14(12)24-18/h3-9,15-16,22H,1-2H3,(H,21,23)/t15?,16-/m0/s1. The number of nitriles is 1. The van der Waals surface area contributed by atoms with Crippen LogP contribution in [0.25, 0.3) is 0 Å². The van der Waals surface area contributed by atoms with E-state index in [-0.39, 0.29) is 5.69 Å².